The molecule has 84 heavy (non-hydrogen) atoms. The third-order valence-corrected chi connectivity index (χ3v) is 14.3. The zero-order valence-electron chi connectivity index (χ0n) is 45.7. The number of ketones is 1. The van der Waals surface area contributed by atoms with E-state index in [4.69, 9.17) is 52.1 Å². The smallest absolute Gasteiger partial charge is 0.333 e. The van der Waals surface area contributed by atoms with Gasteiger partial charge in [0.25, 0.3) is 0 Å². The molecule has 1 heterocycles. The minimum absolute atomic E-state index is 0.0183. The number of thiazole rings is 1. The van der Waals surface area contributed by atoms with Crippen LogP contribution in [0.15, 0.2) is 135 Å². The second-order valence-electron chi connectivity index (χ2n) is 18.8. The number of carbonyl (C=O) groups excluding carboxylic acids is 8. The Morgan fingerprint density at radius 2 is 1.01 bits per heavy atom. The second kappa shape index (κ2) is 31.5. The molecule has 2 saturated carbocycles. The molecule has 0 unspecified atom stereocenters. The van der Waals surface area contributed by atoms with Crippen molar-refractivity contribution in [3.05, 3.63) is 146 Å². The van der Waals surface area contributed by atoms with Gasteiger partial charge in [-0.15, -0.1) is 0 Å². The van der Waals surface area contributed by atoms with E-state index in [0.29, 0.717) is 74.0 Å². The fraction of sp³-hybridized carbons (Fsp3) is 0.311. The van der Waals surface area contributed by atoms with E-state index < -0.39 is 80.7 Å². The number of anilines is 1. The Bertz CT molecular complexity index is 3230. The summed E-state index contributed by atoms with van der Waals surface area (Å²) in [5, 5.41) is 4.97. The molecule has 2 aliphatic rings. The summed E-state index contributed by atoms with van der Waals surface area (Å²) >= 11 is 1.42. The van der Waals surface area contributed by atoms with E-state index in [1.165, 1.54) is 35.8 Å². The van der Waals surface area contributed by atoms with Gasteiger partial charge in [-0.05, 0) is 111 Å². The monoisotopic (exact) mass is 1170 g/mol. The zero-order chi connectivity index (χ0) is 59.8. The molecule has 0 amide bonds. The van der Waals surface area contributed by atoms with Crippen molar-refractivity contribution in [1.82, 2.24) is 4.98 Å². The van der Waals surface area contributed by atoms with Crippen molar-refractivity contribution in [1.29, 1.82) is 0 Å². The van der Waals surface area contributed by atoms with Gasteiger partial charge in [-0.1, -0.05) is 61.9 Å². The Morgan fingerprint density at radius 3 is 1.58 bits per heavy atom. The van der Waals surface area contributed by atoms with Crippen molar-refractivity contribution in [2.24, 2.45) is 28.8 Å². The van der Waals surface area contributed by atoms with Gasteiger partial charge < -0.3 is 52.1 Å². The first-order valence-electron chi connectivity index (χ1n) is 26.6. The van der Waals surface area contributed by atoms with E-state index in [1.807, 2.05) is 24.3 Å². The largest absolute Gasteiger partial charge is 0.465 e. The SMILES string of the molecule is C=CC(=O)OCOc1ccc(CC(=O)C2CCC(C(=O)OCCc3ccc(OC(=O)C4CCC(C(=O)Oc5ccc(OCOC(=O)C=C)c(OCOC(=O)C=C)c5)CC4)c(/C=N/Nc4nc5ccccc5s4)c3)CC2)cc1OCOC(=O)C=C. The van der Waals surface area contributed by atoms with Crippen molar-refractivity contribution in [2.45, 2.75) is 64.2 Å². The highest BCUT2D eigenvalue weighted by molar-refractivity contribution is 7.22. The lowest BCUT2D eigenvalue weighted by Crippen LogP contribution is -2.30. The van der Waals surface area contributed by atoms with Crippen molar-refractivity contribution >= 4 is 80.5 Å². The Balaban J connectivity index is 0.914. The molecule has 0 saturated heterocycles. The number of rotatable bonds is 30. The predicted octanol–water partition coefficient (Wildman–Crippen LogP) is 9.03. The lowest BCUT2D eigenvalue weighted by atomic mass is 9.79. The third-order valence-electron chi connectivity index (χ3n) is 13.3. The average Bonchev–Trinajstić information content (AvgIpc) is 4.06. The standard InChI is InChI=1S/C61H61N3O19S/c1-5-54(66)78-34-74-49-25-14-39(31-51(49)76-36-80-56(68)7-3)30-47(65)40-15-17-41(18-16-40)58(70)73-28-27-38-13-24-48(44(29-38)33-62-64-61-63-46-11-9-10-12-53(46)84-61)83-60(72)43-21-19-42(20-22-43)59(71)82-45-23-26-50(75-35-79-55(67)6-2)52(32-45)77-37-81-57(69)8-4/h5-14,23-26,29,31-33,40-43H,1-4,15-22,27-28,30,34-37H2,(H,63,64)/b62-33+. The number of esters is 7. The molecule has 7 rings (SSSR count). The number of aromatic nitrogens is 1. The van der Waals surface area contributed by atoms with Crippen LogP contribution in [0.3, 0.4) is 0 Å². The first kappa shape index (κ1) is 62.0. The number of Topliss-reactive ketones (excluding diaryl/α,β-unsaturated/α-hetero) is 1. The number of fused-ring (bicyclic) bond motifs is 1. The number of hydrogen-bond acceptors (Lipinski definition) is 23. The quantitative estimate of drug-likeness (QED) is 0.00853. The van der Waals surface area contributed by atoms with Gasteiger partial charge in [-0.3, -0.25) is 24.6 Å². The summed E-state index contributed by atoms with van der Waals surface area (Å²) in [7, 11) is 0. The Hall–Kier alpha value is -9.64. The number of ether oxygens (including phenoxy) is 11. The molecule has 5 aromatic rings. The average molecular weight is 1170 g/mol. The first-order valence-corrected chi connectivity index (χ1v) is 27.4. The Morgan fingerprint density at radius 1 is 0.524 bits per heavy atom. The van der Waals surface area contributed by atoms with Gasteiger partial charge >= 0.3 is 41.8 Å². The van der Waals surface area contributed by atoms with Crippen molar-refractivity contribution < 1.29 is 90.5 Å². The zero-order valence-corrected chi connectivity index (χ0v) is 46.5. The van der Waals surface area contributed by atoms with E-state index in [9.17, 15) is 38.4 Å². The molecule has 0 aliphatic heterocycles. The van der Waals surface area contributed by atoms with Gasteiger partial charge in [-0.25, -0.2) is 24.2 Å². The molecular weight excluding hydrogens is 1110 g/mol. The molecule has 2 aliphatic carbocycles. The van der Waals surface area contributed by atoms with Gasteiger partial charge in [0, 0.05) is 54.7 Å². The summed E-state index contributed by atoms with van der Waals surface area (Å²) < 4.78 is 60.1. The number of nitrogens with one attached hydrogen (secondary N) is 1. The maximum Gasteiger partial charge on any atom is 0.333 e. The van der Waals surface area contributed by atoms with Crippen LogP contribution < -0.4 is 33.8 Å². The lowest BCUT2D eigenvalue weighted by molar-refractivity contribution is -0.150. The number of para-hydroxylation sites is 1. The molecule has 440 valence electrons. The van der Waals surface area contributed by atoms with Crippen LogP contribution in [0, 0.1) is 23.7 Å². The number of carbonyl (C=O) groups is 8. The summed E-state index contributed by atoms with van der Waals surface area (Å²) in [5.74, 6) is -5.26. The normalized spacial score (nSPS) is 16.3. The van der Waals surface area contributed by atoms with Gasteiger partial charge in [0.2, 0.25) is 32.3 Å². The van der Waals surface area contributed by atoms with Crippen LogP contribution in [0.4, 0.5) is 5.13 Å². The molecule has 22 nitrogen and oxygen atoms in total. The van der Waals surface area contributed by atoms with Crippen LogP contribution in [0.25, 0.3) is 10.2 Å². The Labute approximate surface area is 486 Å². The number of hydrogen-bond donors (Lipinski definition) is 1. The van der Waals surface area contributed by atoms with E-state index in [2.05, 4.69) is 41.8 Å². The highest BCUT2D eigenvalue weighted by Gasteiger charge is 2.34. The highest BCUT2D eigenvalue weighted by atomic mass is 32.1. The summed E-state index contributed by atoms with van der Waals surface area (Å²) in [4.78, 5) is 105. The van der Waals surface area contributed by atoms with Crippen LogP contribution in [-0.4, -0.2) is 92.5 Å². The molecule has 4 aromatic carbocycles. The molecule has 0 spiro atoms. The fourth-order valence-electron chi connectivity index (χ4n) is 8.88. The molecule has 1 aromatic heterocycles. The molecular formula is C61H61N3O19S. The number of benzene rings is 4. The number of hydrazone groups is 1. The van der Waals surface area contributed by atoms with Gasteiger partial charge in [-0.2, -0.15) is 5.10 Å². The highest BCUT2D eigenvalue weighted by Crippen LogP contribution is 2.37. The lowest BCUT2D eigenvalue weighted by Gasteiger charge is -2.26. The van der Waals surface area contributed by atoms with Gasteiger partial charge in [0.1, 0.15) is 17.3 Å². The minimum Gasteiger partial charge on any atom is -0.465 e. The van der Waals surface area contributed by atoms with E-state index in [-0.39, 0.29) is 65.2 Å². The minimum atomic E-state index is -0.739. The maximum absolute atomic E-state index is 13.8. The van der Waals surface area contributed by atoms with Crippen LogP contribution in [0.1, 0.15) is 68.1 Å². The fourth-order valence-corrected chi connectivity index (χ4v) is 9.70. The Kier molecular flexibility index (Phi) is 23.3. The molecule has 0 bridgehead atoms. The molecule has 1 N–H and O–H groups in total. The summed E-state index contributed by atoms with van der Waals surface area (Å²) in [6.45, 7) is 11.5. The molecule has 2 fully saturated rings. The first-order chi connectivity index (χ1) is 40.7. The number of nitrogens with zero attached hydrogens (tertiary/aromatic N) is 2. The summed E-state index contributed by atoms with van der Waals surface area (Å²) in [5.41, 5.74) is 5.60. The predicted molar refractivity (Wildman–Crippen MR) is 303 cm³/mol. The van der Waals surface area contributed by atoms with Crippen LogP contribution >= 0.6 is 11.3 Å². The van der Waals surface area contributed by atoms with E-state index in [1.54, 1.807) is 36.4 Å². The topological polar surface area (TPSA) is 275 Å². The molecule has 23 heteroatoms. The van der Waals surface area contributed by atoms with Crippen molar-refractivity contribution in [3.8, 4) is 34.5 Å². The van der Waals surface area contributed by atoms with Gasteiger partial charge in [0.15, 0.2) is 23.0 Å². The maximum atomic E-state index is 13.8. The van der Waals surface area contributed by atoms with Crippen LogP contribution in [0.5, 0.6) is 34.5 Å². The van der Waals surface area contributed by atoms with Crippen LogP contribution in [0.2, 0.25) is 0 Å². The summed E-state index contributed by atoms with van der Waals surface area (Å²) in [6.07, 6.45) is 9.03. The molecule has 0 atom stereocenters. The molecule has 0 radical (unpaired) electrons. The van der Waals surface area contributed by atoms with E-state index in [0.717, 1.165) is 40.1 Å². The van der Waals surface area contributed by atoms with Crippen LogP contribution in [-0.2, 0) is 74.9 Å². The van der Waals surface area contributed by atoms with Crippen molar-refractivity contribution in [3.63, 3.8) is 0 Å². The second-order valence-corrected chi connectivity index (χ2v) is 19.9. The third kappa shape index (κ3) is 18.7. The van der Waals surface area contributed by atoms with Crippen molar-refractivity contribution in [2.75, 3.05) is 39.2 Å². The van der Waals surface area contributed by atoms with Gasteiger partial charge in [0.05, 0.1) is 40.8 Å². The van der Waals surface area contributed by atoms with E-state index >= 15 is 0 Å². The summed E-state index contributed by atoms with van der Waals surface area (Å²) in [6, 6.07) is 21.9.